The van der Waals surface area contributed by atoms with Crippen LogP contribution in [0.4, 0.5) is 0 Å². The number of hydrogen-bond donors (Lipinski definition) is 0. The second-order valence-corrected chi connectivity index (χ2v) is 8.03. The lowest BCUT2D eigenvalue weighted by molar-refractivity contribution is 0.559. The van der Waals surface area contributed by atoms with Crippen molar-refractivity contribution >= 4 is 38.7 Å². The predicted molar refractivity (Wildman–Crippen MR) is 111 cm³/mol. The van der Waals surface area contributed by atoms with Crippen LogP contribution >= 0.6 is 27.7 Å². The van der Waals surface area contributed by atoms with Crippen molar-refractivity contribution in [3.05, 3.63) is 80.4 Å². The van der Waals surface area contributed by atoms with Crippen molar-refractivity contribution in [2.45, 2.75) is 24.8 Å². The molecule has 0 amide bonds. The topological polar surface area (TPSA) is 60.9 Å². The lowest BCUT2D eigenvalue weighted by Crippen LogP contribution is -2.03. The van der Waals surface area contributed by atoms with Gasteiger partial charge in [-0.3, -0.25) is 4.57 Å². The van der Waals surface area contributed by atoms with Gasteiger partial charge in [0.1, 0.15) is 11.4 Å². The second kappa shape index (κ2) is 7.32. The van der Waals surface area contributed by atoms with E-state index in [2.05, 4.69) is 45.2 Å². The maximum Gasteiger partial charge on any atom is 0.336 e. The Labute approximate surface area is 168 Å². The summed E-state index contributed by atoms with van der Waals surface area (Å²) in [6, 6.07) is 15.4. The van der Waals surface area contributed by atoms with E-state index in [9.17, 15) is 4.79 Å². The Hall–Kier alpha value is -2.38. The van der Waals surface area contributed by atoms with Crippen molar-refractivity contribution in [1.29, 1.82) is 0 Å². The predicted octanol–water partition coefficient (Wildman–Crippen LogP) is 5.05. The summed E-state index contributed by atoms with van der Waals surface area (Å²) in [5.41, 5.74) is 3.34. The fraction of sp³-hybridized carbons (Fsp3) is 0.150. The fourth-order valence-corrected chi connectivity index (χ4v) is 4.32. The number of rotatable bonds is 4. The summed E-state index contributed by atoms with van der Waals surface area (Å²) in [5, 5.41) is 10.3. The first-order chi connectivity index (χ1) is 13.0. The Morgan fingerprint density at radius 2 is 1.93 bits per heavy atom. The van der Waals surface area contributed by atoms with Crippen LogP contribution in [-0.4, -0.2) is 14.8 Å². The molecular formula is C20H16BrN3O2S. The Morgan fingerprint density at radius 3 is 2.74 bits per heavy atom. The third-order valence-corrected chi connectivity index (χ3v) is 5.77. The molecule has 0 aliphatic rings. The van der Waals surface area contributed by atoms with Crippen molar-refractivity contribution in [1.82, 2.24) is 14.8 Å². The van der Waals surface area contributed by atoms with E-state index in [1.807, 2.05) is 41.8 Å². The summed E-state index contributed by atoms with van der Waals surface area (Å²) in [5.74, 6) is 1.42. The number of benzene rings is 2. The van der Waals surface area contributed by atoms with Crippen molar-refractivity contribution in [3.63, 3.8) is 0 Å². The summed E-state index contributed by atoms with van der Waals surface area (Å²) in [6.45, 7) is 4.00. The Kier molecular flexibility index (Phi) is 4.88. The highest BCUT2D eigenvalue weighted by Crippen LogP contribution is 2.29. The number of hydrogen-bond acceptors (Lipinski definition) is 5. The minimum absolute atomic E-state index is 0.354. The SMILES string of the molecule is Cc1ccccc1-n1c(C)nnc1SCc1cc(=O)oc2cc(Br)ccc12. The molecule has 0 atom stereocenters. The van der Waals surface area contributed by atoms with Gasteiger partial charge in [-0.25, -0.2) is 4.79 Å². The van der Waals surface area contributed by atoms with E-state index in [1.165, 1.54) is 0 Å². The van der Waals surface area contributed by atoms with Crippen LogP contribution in [0.5, 0.6) is 0 Å². The largest absolute Gasteiger partial charge is 0.423 e. The molecule has 5 nitrogen and oxygen atoms in total. The molecule has 27 heavy (non-hydrogen) atoms. The van der Waals surface area contributed by atoms with Crippen LogP contribution in [-0.2, 0) is 5.75 Å². The van der Waals surface area contributed by atoms with Gasteiger partial charge in [0, 0.05) is 21.7 Å². The number of nitrogens with zero attached hydrogens (tertiary/aromatic N) is 3. The van der Waals surface area contributed by atoms with Gasteiger partial charge in [-0.1, -0.05) is 45.9 Å². The Morgan fingerprint density at radius 1 is 1.11 bits per heavy atom. The zero-order valence-corrected chi connectivity index (χ0v) is 17.2. The number of fused-ring (bicyclic) bond motifs is 1. The van der Waals surface area contributed by atoms with Crippen LogP contribution in [0.15, 0.2) is 67.4 Å². The number of halogens is 1. The second-order valence-electron chi connectivity index (χ2n) is 6.17. The van der Waals surface area contributed by atoms with Gasteiger partial charge in [-0.05, 0) is 49.2 Å². The smallest absolute Gasteiger partial charge is 0.336 e. The molecule has 2 heterocycles. The van der Waals surface area contributed by atoms with Crippen molar-refractivity contribution in [2.75, 3.05) is 0 Å². The zero-order chi connectivity index (χ0) is 19.0. The molecule has 0 N–H and O–H groups in total. The summed E-state index contributed by atoms with van der Waals surface area (Å²) in [6.07, 6.45) is 0. The lowest BCUT2D eigenvalue weighted by atomic mass is 10.1. The van der Waals surface area contributed by atoms with Crippen molar-refractivity contribution < 1.29 is 4.42 Å². The molecule has 7 heteroatoms. The molecule has 136 valence electrons. The number of para-hydroxylation sites is 1. The molecule has 4 rings (SSSR count). The third kappa shape index (κ3) is 3.57. The minimum atomic E-state index is -0.354. The molecule has 0 aliphatic carbocycles. The standard InChI is InChI=1S/C20H16BrN3O2S/c1-12-5-3-4-6-17(12)24-13(2)22-23-20(24)27-11-14-9-19(25)26-18-10-15(21)7-8-16(14)18/h3-10H,11H2,1-2H3. The summed E-state index contributed by atoms with van der Waals surface area (Å²) >= 11 is 4.96. The van der Waals surface area contributed by atoms with Gasteiger partial charge in [-0.2, -0.15) is 0 Å². The van der Waals surface area contributed by atoms with Crippen molar-refractivity contribution in [3.8, 4) is 5.69 Å². The van der Waals surface area contributed by atoms with Crippen LogP contribution in [0.1, 0.15) is 17.0 Å². The molecule has 0 spiro atoms. The number of thioether (sulfide) groups is 1. The molecule has 0 aliphatic heterocycles. The van der Waals surface area contributed by atoms with Gasteiger partial charge >= 0.3 is 5.63 Å². The van der Waals surface area contributed by atoms with E-state index < -0.39 is 0 Å². The molecule has 0 saturated heterocycles. The maximum atomic E-state index is 11.9. The first-order valence-electron chi connectivity index (χ1n) is 8.36. The zero-order valence-electron chi connectivity index (χ0n) is 14.8. The van der Waals surface area contributed by atoms with Crippen LogP contribution in [0.2, 0.25) is 0 Å². The van der Waals surface area contributed by atoms with E-state index in [-0.39, 0.29) is 5.63 Å². The van der Waals surface area contributed by atoms with Gasteiger partial charge in [0.15, 0.2) is 5.16 Å². The van der Waals surface area contributed by atoms with Gasteiger partial charge in [0.05, 0.1) is 5.69 Å². The first-order valence-corrected chi connectivity index (χ1v) is 10.1. The minimum Gasteiger partial charge on any atom is -0.423 e. The molecule has 4 aromatic rings. The molecule has 0 bridgehead atoms. The molecule has 0 saturated carbocycles. The van der Waals surface area contributed by atoms with Gasteiger partial charge in [-0.15, -0.1) is 10.2 Å². The molecule has 0 fully saturated rings. The molecular weight excluding hydrogens is 426 g/mol. The normalized spacial score (nSPS) is 11.2. The third-order valence-electron chi connectivity index (χ3n) is 4.30. The number of aryl methyl sites for hydroxylation is 2. The van der Waals surface area contributed by atoms with Crippen LogP contribution < -0.4 is 5.63 Å². The molecule has 2 aromatic heterocycles. The quantitative estimate of drug-likeness (QED) is 0.327. The lowest BCUT2D eigenvalue weighted by Gasteiger charge is -2.11. The van der Waals surface area contributed by atoms with Crippen LogP contribution in [0.3, 0.4) is 0 Å². The molecule has 0 unspecified atom stereocenters. The first kappa shape index (κ1) is 18.0. The van der Waals surface area contributed by atoms with Gasteiger partial charge < -0.3 is 4.42 Å². The van der Waals surface area contributed by atoms with Gasteiger partial charge in [0.25, 0.3) is 0 Å². The van der Waals surface area contributed by atoms with E-state index in [1.54, 1.807) is 17.8 Å². The highest BCUT2D eigenvalue weighted by atomic mass is 79.9. The van der Waals surface area contributed by atoms with Crippen molar-refractivity contribution in [2.24, 2.45) is 0 Å². The Balaban J connectivity index is 1.71. The van der Waals surface area contributed by atoms with E-state index in [0.717, 1.165) is 37.7 Å². The Bertz CT molecular complexity index is 1200. The fourth-order valence-electron chi connectivity index (χ4n) is 2.99. The summed E-state index contributed by atoms with van der Waals surface area (Å²) < 4.78 is 8.24. The average Bonchev–Trinajstić information content (AvgIpc) is 3.00. The number of aromatic nitrogens is 3. The summed E-state index contributed by atoms with van der Waals surface area (Å²) in [7, 11) is 0. The van der Waals surface area contributed by atoms with Crippen LogP contribution in [0, 0.1) is 13.8 Å². The monoisotopic (exact) mass is 441 g/mol. The van der Waals surface area contributed by atoms with E-state index >= 15 is 0 Å². The van der Waals surface area contributed by atoms with E-state index in [0.29, 0.717) is 11.3 Å². The molecule has 0 radical (unpaired) electrons. The highest BCUT2D eigenvalue weighted by Gasteiger charge is 2.14. The average molecular weight is 442 g/mol. The van der Waals surface area contributed by atoms with E-state index in [4.69, 9.17) is 4.42 Å². The summed E-state index contributed by atoms with van der Waals surface area (Å²) in [4.78, 5) is 11.9. The highest BCUT2D eigenvalue weighted by molar-refractivity contribution is 9.10. The molecule has 2 aromatic carbocycles. The van der Waals surface area contributed by atoms with Crippen LogP contribution in [0.25, 0.3) is 16.7 Å². The maximum absolute atomic E-state index is 11.9. The van der Waals surface area contributed by atoms with Gasteiger partial charge in [0.2, 0.25) is 0 Å².